The zero-order chi connectivity index (χ0) is 8.36. The summed E-state index contributed by atoms with van der Waals surface area (Å²) in [6.07, 6.45) is -0.432. The molecule has 0 fully saturated rings. The van der Waals surface area contributed by atoms with E-state index in [0.717, 1.165) is 0 Å². The van der Waals surface area contributed by atoms with Gasteiger partial charge in [0.2, 0.25) is 0 Å². The van der Waals surface area contributed by atoms with Gasteiger partial charge in [0.25, 0.3) is 0 Å². The van der Waals surface area contributed by atoms with Crippen molar-refractivity contribution in [2.75, 3.05) is 0 Å². The Kier molecular flexibility index (Phi) is 3.44. The summed E-state index contributed by atoms with van der Waals surface area (Å²) in [7, 11) is 0. The first-order valence-electron chi connectivity index (χ1n) is 2.91. The molecule has 5 heteroatoms. The second-order valence-corrected chi connectivity index (χ2v) is 3.40. The molecule has 62 valence electrons. The van der Waals surface area contributed by atoms with E-state index in [2.05, 4.69) is 4.18 Å². The quantitative estimate of drug-likeness (QED) is 0.592. The van der Waals surface area contributed by atoms with Crippen LogP contribution in [0.15, 0.2) is 0 Å². The van der Waals surface area contributed by atoms with Crippen LogP contribution in [0.2, 0.25) is 0 Å². The molecular weight excluding hydrogens is 154 g/mol. The van der Waals surface area contributed by atoms with Crippen molar-refractivity contribution in [1.82, 2.24) is 0 Å². The summed E-state index contributed by atoms with van der Waals surface area (Å²) in [5.74, 6) is 0. The normalized spacial score (nSPS) is 18.5. The van der Waals surface area contributed by atoms with Gasteiger partial charge in [-0.25, -0.2) is 0 Å². The molecule has 0 spiro atoms. The molecule has 0 amide bonds. The van der Waals surface area contributed by atoms with Crippen molar-refractivity contribution in [1.29, 1.82) is 0 Å². The minimum atomic E-state index is -2.22. The first-order valence-corrected chi connectivity index (χ1v) is 3.94. The van der Waals surface area contributed by atoms with E-state index in [1.807, 2.05) is 0 Å². The van der Waals surface area contributed by atoms with Gasteiger partial charge in [0.1, 0.15) is 0 Å². The molecule has 0 saturated carbocycles. The lowest BCUT2D eigenvalue weighted by atomic mass is 10.0. The van der Waals surface area contributed by atoms with Crippen molar-refractivity contribution in [3.8, 4) is 0 Å². The van der Waals surface area contributed by atoms with Crippen molar-refractivity contribution in [3.63, 3.8) is 0 Å². The Morgan fingerprint density at radius 1 is 1.70 bits per heavy atom. The van der Waals surface area contributed by atoms with Crippen LogP contribution in [0, 0.1) is 0 Å². The van der Waals surface area contributed by atoms with E-state index >= 15 is 0 Å². The van der Waals surface area contributed by atoms with Crippen molar-refractivity contribution < 1.29 is 12.9 Å². The van der Waals surface area contributed by atoms with Gasteiger partial charge in [0.05, 0.1) is 6.10 Å². The Labute approximate surface area is 63.2 Å². The van der Waals surface area contributed by atoms with Crippen LogP contribution in [0.25, 0.3) is 0 Å². The van der Waals surface area contributed by atoms with Gasteiger partial charge in [0, 0.05) is 5.54 Å². The summed E-state index contributed by atoms with van der Waals surface area (Å²) in [5, 5.41) is 0. The second-order valence-electron chi connectivity index (χ2n) is 2.78. The third kappa shape index (κ3) is 3.94. The minimum Gasteiger partial charge on any atom is -0.323 e. The van der Waals surface area contributed by atoms with Crippen LogP contribution < -0.4 is 5.73 Å². The van der Waals surface area contributed by atoms with Crippen molar-refractivity contribution in [2.45, 2.75) is 32.4 Å². The predicted octanol–water partition coefficient (Wildman–Crippen LogP) is 0.266. The maximum atomic E-state index is 10.1. The molecule has 0 aliphatic carbocycles. The van der Waals surface area contributed by atoms with E-state index in [0.29, 0.717) is 0 Å². The molecule has 2 unspecified atom stereocenters. The van der Waals surface area contributed by atoms with Crippen LogP contribution >= 0.6 is 0 Å². The topological polar surface area (TPSA) is 72.5 Å². The molecule has 0 aromatic rings. The van der Waals surface area contributed by atoms with Crippen LogP contribution in [0.3, 0.4) is 0 Å². The first-order chi connectivity index (χ1) is 4.34. The third-order valence-corrected chi connectivity index (χ3v) is 1.73. The second kappa shape index (κ2) is 3.43. The highest BCUT2D eigenvalue weighted by atomic mass is 32.2. The molecule has 4 nitrogen and oxygen atoms in total. The smallest absolute Gasteiger partial charge is 0.302 e. The Morgan fingerprint density at radius 3 is 2.20 bits per heavy atom. The van der Waals surface area contributed by atoms with E-state index in [1.165, 1.54) is 0 Å². The largest absolute Gasteiger partial charge is 0.323 e. The van der Waals surface area contributed by atoms with E-state index in [4.69, 9.17) is 10.3 Å². The van der Waals surface area contributed by atoms with Crippen molar-refractivity contribution >= 4 is 11.4 Å². The highest BCUT2D eigenvalue weighted by Crippen LogP contribution is 2.08. The number of hydrogen-bond donors (Lipinski definition) is 2. The fourth-order valence-electron chi connectivity index (χ4n) is 0.247. The Bertz CT molecular complexity index is 131. The summed E-state index contributed by atoms with van der Waals surface area (Å²) in [5.41, 5.74) is 4.97. The van der Waals surface area contributed by atoms with Gasteiger partial charge in [-0.1, -0.05) is 0 Å². The zero-order valence-corrected chi connectivity index (χ0v) is 7.14. The number of hydrogen-bond acceptors (Lipinski definition) is 3. The maximum Gasteiger partial charge on any atom is 0.302 e. The molecule has 0 aromatic carbocycles. The van der Waals surface area contributed by atoms with Crippen LogP contribution in [-0.2, 0) is 15.5 Å². The molecule has 0 aliphatic heterocycles. The van der Waals surface area contributed by atoms with E-state index in [9.17, 15) is 4.21 Å². The average molecular weight is 167 g/mol. The molecule has 3 N–H and O–H groups in total. The Hall–Kier alpha value is 0.0300. The summed E-state index contributed by atoms with van der Waals surface area (Å²) in [4.78, 5) is 0. The fourth-order valence-corrected chi connectivity index (χ4v) is 0.742. The molecule has 0 rings (SSSR count). The molecule has 0 heterocycles. The molecule has 2 atom stereocenters. The molecule has 0 bridgehead atoms. The molecule has 0 saturated heterocycles. The van der Waals surface area contributed by atoms with E-state index < -0.39 is 23.0 Å². The van der Waals surface area contributed by atoms with Gasteiger partial charge in [0.15, 0.2) is 0 Å². The average Bonchev–Trinajstić information content (AvgIpc) is 1.60. The van der Waals surface area contributed by atoms with Gasteiger partial charge < -0.3 is 5.73 Å². The number of nitrogens with two attached hydrogens (primary N) is 1. The molecular formula is C5H13NO3S. The van der Waals surface area contributed by atoms with Crippen LogP contribution in [0.4, 0.5) is 0 Å². The summed E-state index contributed by atoms with van der Waals surface area (Å²) in [6.45, 7) is 5.10. The molecule has 0 radical (unpaired) electrons. The van der Waals surface area contributed by atoms with Crippen LogP contribution in [0.1, 0.15) is 20.8 Å². The molecule has 10 heavy (non-hydrogen) atoms. The lowest BCUT2D eigenvalue weighted by Crippen LogP contribution is -2.45. The maximum absolute atomic E-state index is 10.1. The van der Waals surface area contributed by atoms with Crippen LogP contribution in [0.5, 0.6) is 0 Å². The lowest BCUT2D eigenvalue weighted by Gasteiger charge is -2.24. The molecule has 0 aliphatic rings. The summed E-state index contributed by atoms with van der Waals surface area (Å²) < 4.78 is 22.9. The highest BCUT2D eigenvalue weighted by molar-refractivity contribution is 7.74. The Balaban J connectivity index is 3.85. The van der Waals surface area contributed by atoms with Crippen LogP contribution in [-0.4, -0.2) is 20.4 Å². The van der Waals surface area contributed by atoms with Crippen molar-refractivity contribution in [2.24, 2.45) is 5.73 Å². The minimum absolute atomic E-state index is 0.432. The SMILES string of the molecule is CC(OS(=O)O)C(C)(C)N. The van der Waals surface area contributed by atoms with Gasteiger partial charge in [-0.3, -0.25) is 8.74 Å². The van der Waals surface area contributed by atoms with Gasteiger partial charge >= 0.3 is 11.4 Å². The fraction of sp³-hybridized carbons (Fsp3) is 1.00. The van der Waals surface area contributed by atoms with Gasteiger partial charge in [-0.2, -0.15) is 4.21 Å². The Morgan fingerprint density at radius 2 is 2.10 bits per heavy atom. The third-order valence-electron chi connectivity index (χ3n) is 1.27. The predicted molar refractivity (Wildman–Crippen MR) is 39.6 cm³/mol. The standard InChI is InChI=1S/C5H13NO3S/c1-4(5(2,3)6)9-10(7)8/h4H,6H2,1-3H3,(H,7,8). The lowest BCUT2D eigenvalue weighted by molar-refractivity contribution is 0.150. The number of rotatable bonds is 3. The van der Waals surface area contributed by atoms with Gasteiger partial charge in [-0.05, 0) is 20.8 Å². The summed E-state index contributed by atoms with van der Waals surface area (Å²) in [6, 6.07) is 0. The van der Waals surface area contributed by atoms with E-state index in [-0.39, 0.29) is 0 Å². The highest BCUT2D eigenvalue weighted by Gasteiger charge is 2.22. The first kappa shape index (κ1) is 10.0. The zero-order valence-electron chi connectivity index (χ0n) is 6.33. The van der Waals surface area contributed by atoms with Crippen molar-refractivity contribution in [3.05, 3.63) is 0 Å². The molecule has 0 aromatic heterocycles. The summed E-state index contributed by atoms with van der Waals surface area (Å²) >= 11 is -2.22. The monoisotopic (exact) mass is 167 g/mol. The van der Waals surface area contributed by atoms with Gasteiger partial charge in [-0.15, -0.1) is 0 Å². The van der Waals surface area contributed by atoms with E-state index in [1.54, 1.807) is 20.8 Å².